The average Bonchev–Trinajstić information content (AvgIpc) is 2.89. The van der Waals surface area contributed by atoms with Crippen LogP contribution in [0.4, 0.5) is 5.69 Å². The highest BCUT2D eigenvalue weighted by Gasteiger charge is 2.11. The fraction of sp³-hybridized carbons (Fsp3) is 0. The van der Waals surface area contributed by atoms with E-state index in [0.29, 0.717) is 16.9 Å². The van der Waals surface area contributed by atoms with Gasteiger partial charge in [0.25, 0.3) is 0 Å². The summed E-state index contributed by atoms with van der Waals surface area (Å²) >= 11 is 3.50. The van der Waals surface area contributed by atoms with Gasteiger partial charge in [0.1, 0.15) is 5.69 Å². The summed E-state index contributed by atoms with van der Waals surface area (Å²) in [6, 6.07) is 17.1. The molecule has 1 aromatic heterocycles. The third kappa shape index (κ3) is 2.54. The van der Waals surface area contributed by atoms with E-state index in [0.717, 1.165) is 15.7 Å². The zero-order chi connectivity index (χ0) is 14.8. The zero-order valence-electron chi connectivity index (χ0n) is 11.0. The zero-order valence-corrected chi connectivity index (χ0v) is 12.6. The predicted octanol–water partition coefficient (Wildman–Crippen LogP) is 3.76. The molecule has 0 unspecified atom stereocenters. The molecule has 0 amide bonds. The van der Waals surface area contributed by atoms with Crippen LogP contribution in [0.1, 0.15) is 5.56 Å². The largest absolute Gasteiger partial charge is 0.396 e. The van der Waals surface area contributed by atoms with Crippen LogP contribution in [-0.2, 0) is 0 Å². The molecule has 1 heterocycles. The van der Waals surface area contributed by atoms with Gasteiger partial charge in [-0.1, -0.05) is 24.3 Å². The summed E-state index contributed by atoms with van der Waals surface area (Å²) in [5, 5.41) is 13.4. The summed E-state index contributed by atoms with van der Waals surface area (Å²) in [5.74, 6) is 0. The first-order valence-corrected chi connectivity index (χ1v) is 7.09. The Morgan fingerprint density at radius 2 is 1.81 bits per heavy atom. The van der Waals surface area contributed by atoms with Crippen LogP contribution in [-0.4, -0.2) is 9.78 Å². The minimum absolute atomic E-state index is 0.593. The lowest BCUT2D eigenvalue weighted by atomic mass is 10.1. The fourth-order valence-electron chi connectivity index (χ4n) is 2.08. The first kappa shape index (κ1) is 13.4. The smallest absolute Gasteiger partial charge is 0.116 e. The molecule has 2 N–H and O–H groups in total. The predicted molar refractivity (Wildman–Crippen MR) is 85.8 cm³/mol. The topological polar surface area (TPSA) is 67.6 Å². The van der Waals surface area contributed by atoms with Gasteiger partial charge >= 0.3 is 0 Å². The van der Waals surface area contributed by atoms with Crippen LogP contribution in [0.15, 0.2) is 59.2 Å². The van der Waals surface area contributed by atoms with Crippen molar-refractivity contribution < 1.29 is 0 Å². The molecule has 5 heteroatoms. The van der Waals surface area contributed by atoms with Gasteiger partial charge in [0.15, 0.2) is 0 Å². The number of para-hydroxylation sites is 1. The maximum absolute atomic E-state index is 8.84. The third-order valence-electron chi connectivity index (χ3n) is 3.13. The minimum atomic E-state index is 0.593. The summed E-state index contributed by atoms with van der Waals surface area (Å²) in [4.78, 5) is 0. The van der Waals surface area contributed by atoms with Crippen molar-refractivity contribution in [2.45, 2.75) is 0 Å². The van der Waals surface area contributed by atoms with E-state index in [4.69, 9.17) is 11.0 Å². The van der Waals surface area contributed by atoms with E-state index in [9.17, 15) is 0 Å². The van der Waals surface area contributed by atoms with Gasteiger partial charge in [-0.2, -0.15) is 10.4 Å². The number of rotatable bonds is 2. The molecule has 3 rings (SSSR count). The van der Waals surface area contributed by atoms with Gasteiger partial charge in [-0.3, -0.25) is 0 Å². The van der Waals surface area contributed by atoms with E-state index in [1.165, 1.54) is 0 Å². The van der Waals surface area contributed by atoms with Gasteiger partial charge in [-0.15, -0.1) is 0 Å². The lowest BCUT2D eigenvalue weighted by Crippen LogP contribution is -1.95. The Morgan fingerprint density at radius 3 is 2.48 bits per heavy atom. The molecule has 0 spiro atoms. The molecular formula is C16H11BrN4. The number of benzene rings is 2. The highest BCUT2D eigenvalue weighted by atomic mass is 79.9. The average molecular weight is 339 g/mol. The van der Waals surface area contributed by atoms with Gasteiger partial charge in [-0.25, -0.2) is 4.68 Å². The second-order valence-corrected chi connectivity index (χ2v) is 5.37. The van der Waals surface area contributed by atoms with Gasteiger partial charge < -0.3 is 5.73 Å². The number of aromatic nitrogens is 2. The molecule has 0 aliphatic rings. The van der Waals surface area contributed by atoms with E-state index in [1.807, 2.05) is 36.4 Å². The monoisotopic (exact) mass is 338 g/mol. The Hall–Kier alpha value is -2.58. The van der Waals surface area contributed by atoms with Crippen molar-refractivity contribution in [3.05, 3.63) is 64.8 Å². The molecule has 0 saturated carbocycles. The van der Waals surface area contributed by atoms with Crippen LogP contribution in [0, 0.1) is 11.3 Å². The van der Waals surface area contributed by atoms with Crippen molar-refractivity contribution in [3.63, 3.8) is 0 Å². The van der Waals surface area contributed by atoms with Crippen LogP contribution in [0.3, 0.4) is 0 Å². The maximum atomic E-state index is 8.84. The maximum Gasteiger partial charge on any atom is 0.116 e. The standard InChI is InChI=1S/C16H11BrN4/c17-13-3-1-2-4-15(13)21-10-14(19)16(20-21)12-7-5-11(9-18)6-8-12/h1-8,10H,19H2. The molecule has 3 aromatic rings. The molecule has 2 aromatic carbocycles. The van der Waals surface area contributed by atoms with Crippen molar-refractivity contribution in [1.29, 1.82) is 5.26 Å². The first-order valence-electron chi connectivity index (χ1n) is 6.29. The quantitative estimate of drug-likeness (QED) is 0.773. The van der Waals surface area contributed by atoms with Crippen molar-refractivity contribution in [3.8, 4) is 23.0 Å². The molecule has 21 heavy (non-hydrogen) atoms. The first-order chi connectivity index (χ1) is 10.2. The van der Waals surface area contributed by atoms with Gasteiger partial charge in [0, 0.05) is 10.0 Å². The lowest BCUT2D eigenvalue weighted by molar-refractivity contribution is 0.880. The summed E-state index contributed by atoms with van der Waals surface area (Å²) in [7, 11) is 0. The molecule has 102 valence electrons. The highest BCUT2D eigenvalue weighted by molar-refractivity contribution is 9.10. The number of nitrogens with two attached hydrogens (primary N) is 1. The summed E-state index contributed by atoms with van der Waals surface area (Å²) in [5.41, 5.74) is 9.78. The van der Waals surface area contributed by atoms with Gasteiger partial charge in [0.05, 0.1) is 29.2 Å². The summed E-state index contributed by atoms with van der Waals surface area (Å²) < 4.78 is 2.69. The molecule has 0 saturated heterocycles. The van der Waals surface area contributed by atoms with E-state index < -0.39 is 0 Å². The number of hydrogen-bond acceptors (Lipinski definition) is 3. The van der Waals surface area contributed by atoms with E-state index in [1.54, 1.807) is 23.0 Å². The van der Waals surface area contributed by atoms with Crippen LogP contribution in [0.2, 0.25) is 0 Å². The summed E-state index contributed by atoms with van der Waals surface area (Å²) in [6.45, 7) is 0. The molecule has 0 bridgehead atoms. The number of anilines is 1. The van der Waals surface area contributed by atoms with Gasteiger partial charge in [0.2, 0.25) is 0 Å². The Balaban J connectivity index is 2.06. The molecule has 0 radical (unpaired) electrons. The molecule has 0 aliphatic heterocycles. The highest BCUT2D eigenvalue weighted by Crippen LogP contribution is 2.27. The third-order valence-corrected chi connectivity index (χ3v) is 3.80. The number of hydrogen-bond donors (Lipinski definition) is 1. The summed E-state index contributed by atoms with van der Waals surface area (Å²) in [6.07, 6.45) is 1.79. The Bertz CT molecular complexity index is 828. The minimum Gasteiger partial charge on any atom is -0.396 e. The Morgan fingerprint density at radius 1 is 1.10 bits per heavy atom. The normalized spacial score (nSPS) is 10.3. The van der Waals surface area contributed by atoms with Crippen molar-refractivity contribution in [1.82, 2.24) is 9.78 Å². The Kier molecular flexibility index (Phi) is 3.46. The van der Waals surface area contributed by atoms with Crippen LogP contribution >= 0.6 is 15.9 Å². The number of nitrogen functional groups attached to an aromatic ring is 1. The van der Waals surface area contributed by atoms with E-state index in [2.05, 4.69) is 27.1 Å². The van der Waals surface area contributed by atoms with Crippen LogP contribution < -0.4 is 5.73 Å². The second-order valence-electron chi connectivity index (χ2n) is 4.52. The number of nitrogens with zero attached hydrogens (tertiary/aromatic N) is 3. The number of nitriles is 1. The molecule has 0 aliphatic carbocycles. The van der Waals surface area contributed by atoms with E-state index in [-0.39, 0.29) is 0 Å². The van der Waals surface area contributed by atoms with Crippen molar-refractivity contribution >= 4 is 21.6 Å². The van der Waals surface area contributed by atoms with Crippen LogP contribution in [0.5, 0.6) is 0 Å². The van der Waals surface area contributed by atoms with Crippen LogP contribution in [0.25, 0.3) is 16.9 Å². The molecule has 0 atom stereocenters. The lowest BCUT2D eigenvalue weighted by Gasteiger charge is -2.03. The SMILES string of the molecule is N#Cc1ccc(-c2nn(-c3ccccc3Br)cc2N)cc1. The van der Waals surface area contributed by atoms with Crippen molar-refractivity contribution in [2.75, 3.05) is 5.73 Å². The molecule has 4 nitrogen and oxygen atoms in total. The fourth-order valence-corrected chi connectivity index (χ4v) is 2.54. The molecule has 0 fully saturated rings. The second kappa shape index (κ2) is 5.43. The van der Waals surface area contributed by atoms with E-state index >= 15 is 0 Å². The Labute approximate surface area is 130 Å². The van der Waals surface area contributed by atoms with Gasteiger partial charge in [-0.05, 0) is 40.2 Å². The number of halogens is 1. The van der Waals surface area contributed by atoms with Crippen molar-refractivity contribution in [2.24, 2.45) is 0 Å². The molecular weight excluding hydrogens is 328 g/mol.